The predicted molar refractivity (Wildman–Crippen MR) is 117 cm³/mol. The van der Waals surface area contributed by atoms with E-state index >= 15 is 0 Å². The lowest BCUT2D eigenvalue weighted by Crippen LogP contribution is -2.43. The van der Waals surface area contributed by atoms with Crippen LogP contribution < -0.4 is 20.7 Å². The number of unbranched alkanes of at least 4 members (excludes halogenated alkanes) is 1. The Bertz CT molecular complexity index is 512. The fraction of sp³-hybridized carbons (Fsp3) is 0.529. The molecule has 0 bridgehead atoms. The van der Waals surface area contributed by atoms with Gasteiger partial charge in [0.15, 0.2) is 5.96 Å². The van der Waals surface area contributed by atoms with E-state index in [0.29, 0.717) is 12.5 Å². The van der Waals surface area contributed by atoms with Crippen molar-refractivity contribution in [2.75, 3.05) is 39.3 Å². The van der Waals surface area contributed by atoms with Crippen LogP contribution in [0.3, 0.4) is 0 Å². The minimum Gasteiger partial charge on any atom is -0.497 e. The van der Waals surface area contributed by atoms with Gasteiger partial charge in [-0.05, 0) is 42.5 Å². The molecule has 142 valence electrons. The molecule has 0 radical (unpaired) electrons. The van der Waals surface area contributed by atoms with E-state index in [4.69, 9.17) is 4.74 Å². The van der Waals surface area contributed by atoms with Crippen molar-refractivity contribution in [3.8, 4) is 5.75 Å². The van der Waals surface area contributed by atoms with Crippen molar-refractivity contribution in [3.63, 3.8) is 0 Å². The number of aliphatic imine (C=N–C) groups is 1. The number of rotatable bonds is 10. The molecule has 1 amide bonds. The maximum Gasteiger partial charge on any atom is 0.239 e. The Balaban J connectivity index is 0.00000576. The summed E-state index contributed by atoms with van der Waals surface area (Å²) in [5.41, 5.74) is 1.03. The van der Waals surface area contributed by atoms with Gasteiger partial charge in [-0.15, -0.1) is 24.0 Å². The van der Waals surface area contributed by atoms with Gasteiger partial charge in [-0.3, -0.25) is 9.79 Å². The predicted octanol–water partition coefficient (Wildman–Crippen LogP) is 2.24. The minimum atomic E-state index is -0.0730. The fourth-order valence-electron chi connectivity index (χ4n) is 1.97. The Morgan fingerprint density at radius 3 is 2.48 bits per heavy atom. The number of amides is 1. The van der Waals surface area contributed by atoms with E-state index in [1.807, 2.05) is 36.0 Å². The summed E-state index contributed by atoms with van der Waals surface area (Å²) in [7, 11) is 3.33. The van der Waals surface area contributed by atoms with Crippen LogP contribution >= 0.6 is 35.7 Å². The van der Waals surface area contributed by atoms with Gasteiger partial charge in [-0.25, -0.2) is 0 Å². The molecule has 25 heavy (non-hydrogen) atoms. The van der Waals surface area contributed by atoms with Crippen LogP contribution in [0.15, 0.2) is 29.3 Å². The van der Waals surface area contributed by atoms with Crippen molar-refractivity contribution in [3.05, 3.63) is 29.8 Å². The van der Waals surface area contributed by atoms with E-state index < -0.39 is 0 Å². The normalized spacial score (nSPS) is 10.6. The smallest absolute Gasteiger partial charge is 0.239 e. The molecule has 0 aliphatic heterocycles. The summed E-state index contributed by atoms with van der Waals surface area (Å²) in [6.45, 7) is 1.54. The minimum absolute atomic E-state index is 0. The molecule has 0 saturated heterocycles. The number of benzene rings is 1. The number of nitrogens with one attached hydrogen (secondary N) is 3. The quantitative estimate of drug-likeness (QED) is 0.207. The molecule has 0 fully saturated rings. The molecule has 0 atom stereocenters. The summed E-state index contributed by atoms with van der Waals surface area (Å²) >= 11 is 1.85. The maximum atomic E-state index is 11.9. The van der Waals surface area contributed by atoms with E-state index in [1.165, 1.54) is 12.2 Å². The summed E-state index contributed by atoms with van der Waals surface area (Å²) in [4.78, 5) is 16.0. The summed E-state index contributed by atoms with van der Waals surface area (Å²) in [6.07, 6.45) is 4.37. The second kappa shape index (κ2) is 15.1. The van der Waals surface area contributed by atoms with Crippen LogP contribution in [0.4, 0.5) is 0 Å². The molecule has 6 nitrogen and oxygen atoms in total. The summed E-state index contributed by atoms with van der Waals surface area (Å²) in [5.74, 6) is 2.55. The second-order valence-corrected chi connectivity index (χ2v) is 6.16. The highest BCUT2D eigenvalue weighted by molar-refractivity contribution is 14.0. The summed E-state index contributed by atoms with van der Waals surface area (Å²) in [6, 6.07) is 7.62. The first-order chi connectivity index (χ1) is 11.7. The van der Waals surface area contributed by atoms with Gasteiger partial charge in [-0.2, -0.15) is 11.8 Å². The van der Waals surface area contributed by atoms with Crippen LogP contribution in [0.1, 0.15) is 18.4 Å². The zero-order chi connectivity index (χ0) is 17.6. The average molecular weight is 480 g/mol. The molecular weight excluding hydrogens is 451 g/mol. The molecule has 8 heteroatoms. The van der Waals surface area contributed by atoms with Crippen LogP contribution in [0.2, 0.25) is 0 Å². The van der Waals surface area contributed by atoms with Crippen molar-refractivity contribution < 1.29 is 9.53 Å². The lowest BCUT2D eigenvalue weighted by atomic mass is 10.2. The highest BCUT2D eigenvalue weighted by Gasteiger charge is 2.03. The number of carbonyl (C=O) groups excluding carboxylic acids is 1. The first-order valence-electron chi connectivity index (χ1n) is 8.02. The van der Waals surface area contributed by atoms with Gasteiger partial charge in [0.2, 0.25) is 5.91 Å². The van der Waals surface area contributed by atoms with Gasteiger partial charge >= 0.3 is 0 Å². The Morgan fingerprint density at radius 2 is 1.88 bits per heavy atom. The standard InChI is InChI=1S/C17H28N4O2S.HI/c1-18-17(19-10-4-5-11-24-3)21-13-16(22)20-12-14-6-8-15(23-2)9-7-14;/h6-9H,4-5,10-13H2,1-3H3,(H,20,22)(H2,18,19,21);1H. The Morgan fingerprint density at radius 1 is 1.16 bits per heavy atom. The number of guanidine groups is 1. The van der Waals surface area contributed by atoms with Crippen LogP contribution in [0.25, 0.3) is 0 Å². The molecule has 1 rings (SSSR count). The number of carbonyl (C=O) groups is 1. The maximum absolute atomic E-state index is 11.9. The highest BCUT2D eigenvalue weighted by atomic mass is 127. The average Bonchev–Trinajstić information content (AvgIpc) is 2.62. The van der Waals surface area contributed by atoms with Crippen molar-refractivity contribution in [2.45, 2.75) is 19.4 Å². The molecule has 1 aromatic carbocycles. The lowest BCUT2D eigenvalue weighted by molar-refractivity contribution is -0.120. The number of halogens is 1. The molecule has 0 spiro atoms. The number of methoxy groups -OCH3 is 1. The number of hydrogen-bond donors (Lipinski definition) is 3. The molecule has 0 unspecified atom stereocenters. The second-order valence-electron chi connectivity index (χ2n) is 5.18. The lowest BCUT2D eigenvalue weighted by Gasteiger charge is -2.12. The number of ether oxygens (including phenoxy) is 1. The fourth-order valence-corrected chi connectivity index (χ4v) is 2.46. The number of nitrogens with zero attached hydrogens (tertiary/aromatic N) is 1. The van der Waals surface area contributed by atoms with Gasteiger partial charge in [0.1, 0.15) is 5.75 Å². The topological polar surface area (TPSA) is 74.8 Å². The van der Waals surface area contributed by atoms with E-state index in [2.05, 4.69) is 27.2 Å². The van der Waals surface area contributed by atoms with Gasteiger partial charge in [-0.1, -0.05) is 12.1 Å². The zero-order valence-corrected chi connectivity index (χ0v) is 18.3. The van der Waals surface area contributed by atoms with Crippen LogP contribution in [-0.4, -0.2) is 51.1 Å². The van der Waals surface area contributed by atoms with Gasteiger partial charge in [0.05, 0.1) is 13.7 Å². The Hall–Kier alpha value is -1.16. The van der Waals surface area contributed by atoms with Gasteiger partial charge in [0.25, 0.3) is 0 Å². The third-order valence-corrected chi connectivity index (χ3v) is 4.05. The first-order valence-corrected chi connectivity index (χ1v) is 9.42. The molecule has 0 aliphatic rings. The third kappa shape index (κ3) is 11.1. The Kier molecular flexibility index (Phi) is 14.4. The Labute approximate surface area is 172 Å². The van der Waals surface area contributed by atoms with Crippen LogP contribution in [0.5, 0.6) is 5.75 Å². The SMILES string of the molecule is CN=C(NCCCCSC)NCC(=O)NCc1ccc(OC)cc1.I. The van der Waals surface area contributed by atoms with Crippen molar-refractivity contribution in [1.82, 2.24) is 16.0 Å². The largest absolute Gasteiger partial charge is 0.497 e. The van der Waals surface area contributed by atoms with Crippen LogP contribution in [-0.2, 0) is 11.3 Å². The molecule has 0 aromatic heterocycles. The number of hydrogen-bond acceptors (Lipinski definition) is 4. The summed E-state index contributed by atoms with van der Waals surface area (Å²) in [5, 5.41) is 9.09. The molecule has 0 heterocycles. The van der Waals surface area contributed by atoms with Crippen molar-refractivity contribution in [2.24, 2.45) is 4.99 Å². The van der Waals surface area contributed by atoms with E-state index in [-0.39, 0.29) is 36.4 Å². The van der Waals surface area contributed by atoms with Gasteiger partial charge in [0, 0.05) is 20.1 Å². The molecule has 0 aliphatic carbocycles. The van der Waals surface area contributed by atoms with Crippen LogP contribution in [0, 0.1) is 0 Å². The molecule has 0 saturated carbocycles. The third-order valence-electron chi connectivity index (χ3n) is 3.36. The first kappa shape index (κ1) is 23.8. The zero-order valence-electron chi connectivity index (χ0n) is 15.1. The highest BCUT2D eigenvalue weighted by Crippen LogP contribution is 2.10. The van der Waals surface area contributed by atoms with Crippen molar-refractivity contribution >= 4 is 47.6 Å². The van der Waals surface area contributed by atoms with Crippen molar-refractivity contribution in [1.29, 1.82) is 0 Å². The van der Waals surface area contributed by atoms with E-state index in [9.17, 15) is 4.79 Å². The van der Waals surface area contributed by atoms with Gasteiger partial charge < -0.3 is 20.7 Å². The van der Waals surface area contributed by atoms with E-state index in [1.54, 1.807) is 14.2 Å². The summed E-state index contributed by atoms with van der Waals surface area (Å²) < 4.78 is 5.11. The van der Waals surface area contributed by atoms with E-state index in [0.717, 1.165) is 24.3 Å². The molecular formula is C17H29IN4O2S. The monoisotopic (exact) mass is 480 g/mol. The number of thioether (sulfide) groups is 1. The molecule has 1 aromatic rings. The molecule has 3 N–H and O–H groups in total.